The summed E-state index contributed by atoms with van der Waals surface area (Å²) in [6.45, 7) is 15.9. The number of aliphatic hydroxyl groups excluding tert-OH is 12. The molecule has 9 aliphatic rings. The summed E-state index contributed by atoms with van der Waals surface area (Å²) in [6.07, 6.45) is -20.7. The monoisotopic (exact) mass is 1060 g/mol. The lowest BCUT2D eigenvalue weighted by atomic mass is 9.33. The van der Waals surface area contributed by atoms with Crippen molar-refractivity contribution >= 4 is 5.97 Å². The smallest absolute Gasteiger partial charge is 0.315 e. The Balaban J connectivity index is 0.975. The van der Waals surface area contributed by atoms with Crippen molar-refractivity contribution in [3.63, 3.8) is 0 Å². The van der Waals surface area contributed by atoms with Crippen LogP contribution in [0.15, 0.2) is 11.6 Å². The number of rotatable bonds is 10. The van der Waals surface area contributed by atoms with E-state index in [1.807, 2.05) is 0 Å². The molecule has 0 aromatic rings. The van der Waals surface area contributed by atoms with E-state index in [-0.39, 0.29) is 46.5 Å². The molecule has 9 rings (SSSR count). The first-order valence-electron chi connectivity index (χ1n) is 27.2. The fourth-order valence-corrected chi connectivity index (χ4v) is 16.4. The second-order valence-electron chi connectivity index (χ2n) is 25.2. The zero-order valence-electron chi connectivity index (χ0n) is 44.0. The molecule has 21 heteroatoms. The number of hydrogen-bond donors (Lipinski definition) is 12. The number of aliphatic hydroxyl groups is 12. The Kier molecular flexibility index (Phi) is 16.1. The summed E-state index contributed by atoms with van der Waals surface area (Å²) in [4.78, 5) is 14.8. The molecule has 5 aliphatic carbocycles. The van der Waals surface area contributed by atoms with Crippen LogP contribution in [-0.4, -0.2) is 210 Å². The zero-order valence-corrected chi connectivity index (χ0v) is 44.0. The Morgan fingerprint density at radius 1 is 0.608 bits per heavy atom. The van der Waals surface area contributed by atoms with Crippen molar-refractivity contribution in [3.05, 3.63) is 11.6 Å². The third-order valence-corrected chi connectivity index (χ3v) is 21.3. The first-order valence-corrected chi connectivity index (χ1v) is 27.2. The van der Waals surface area contributed by atoms with Gasteiger partial charge in [0, 0.05) is 0 Å². The molecular weight excluding hydrogens is 973 g/mol. The fourth-order valence-electron chi connectivity index (χ4n) is 16.4. The molecule has 74 heavy (non-hydrogen) atoms. The van der Waals surface area contributed by atoms with E-state index in [1.54, 1.807) is 0 Å². The topological polar surface area (TPSA) is 334 Å². The lowest BCUT2D eigenvalue weighted by Crippen LogP contribution is -2.67. The van der Waals surface area contributed by atoms with Crippen LogP contribution in [-0.2, 0) is 42.7 Å². The minimum Gasteiger partial charge on any atom is -0.432 e. The summed E-state index contributed by atoms with van der Waals surface area (Å²) in [5.74, 6) is 0.120. The quantitative estimate of drug-likeness (QED) is 0.0745. The number of fused-ring (bicyclic) bond motifs is 7. The van der Waals surface area contributed by atoms with Gasteiger partial charge in [-0.3, -0.25) is 4.79 Å². The minimum atomic E-state index is -1.83. The number of ether oxygens (including phenoxy) is 8. The summed E-state index contributed by atoms with van der Waals surface area (Å²) in [5.41, 5.74) is -0.824. The van der Waals surface area contributed by atoms with Crippen molar-refractivity contribution < 1.29 is 104 Å². The van der Waals surface area contributed by atoms with Crippen molar-refractivity contribution in [2.24, 2.45) is 56.7 Å². The number of carbonyl (C=O) groups is 1. The Morgan fingerprint density at radius 3 is 1.82 bits per heavy atom. The van der Waals surface area contributed by atoms with Gasteiger partial charge in [-0.25, -0.2) is 0 Å². The summed E-state index contributed by atoms with van der Waals surface area (Å²) in [5, 5.41) is 128. The Labute approximate surface area is 433 Å². The second-order valence-corrected chi connectivity index (χ2v) is 25.2. The third kappa shape index (κ3) is 8.99. The van der Waals surface area contributed by atoms with Crippen molar-refractivity contribution in [3.8, 4) is 0 Å². The SMILES string of the molecule is C[C@H]1[C@H](C)CC[C@]2(C(=O)O[C@@H]3O[C@H](CO)[C@@H](O)[C@H](O)[C@H]3O)CC[C@]3(C)C(=CC[C@@H]4[C@@]5(C)CC[C@H](O[C@H]6OC[C@H](O)[C@H](O[C@@H]7O[C@H](CO)[C@@H](O)[C@H](O)[C@H]7O)[C@H]6O[C@@H]6O[C@@H](C)[C@H](O)[C@@H](O)[C@H]6O)C(C)(C)[C@@H]5CC[C@]43C)[C@H]12. The van der Waals surface area contributed by atoms with Gasteiger partial charge < -0.3 is 99.2 Å². The van der Waals surface area contributed by atoms with E-state index in [2.05, 4.69) is 54.5 Å². The molecule has 29 atom stereocenters. The molecular formula is C53H86O21. The molecule has 0 spiro atoms. The lowest BCUT2D eigenvalue weighted by molar-refractivity contribution is -0.388. The summed E-state index contributed by atoms with van der Waals surface area (Å²) >= 11 is 0. The molecule has 4 saturated heterocycles. The molecule has 424 valence electrons. The Morgan fingerprint density at radius 2 is 1.19 bits per heavy atom. The molecule has 0 aromatic carbocycles. The molecule has 0 radical (unpaired) electrons. The maximum absolute atomic E-state index is 14.8. The van der Waals surface area contributed by atoms with Crippen molar-refractivity contribution in [2.75, 3.05) is 19.8 Å². The van der Waals surface area contributed by atoms with E-state index < -0.39 is 153 Å². The molecule has 0 amide bonds. The van der Waals surface area contributed by atoms with E-state index in [0.29, 0.717) is 25.2 Å². The molecule has 8 fully saturated rings. The van der Waals surface area contributed by atoms with Crippen LogP contribution in [0.3, 0.4) is 0 Å². The highest BCUT2D eigenvalue weighted by atomic mass is 16.8. The van der Waals surface area contributed by atoms with Crippen LogP contribution in [0.5, 0.6) is 0 Å². The van der Waals surface area contributed by atoms with Crippen LogP contribution in [0.25, 0.3) is 0 Å². The van der Waals surface area contributed by atoms with Gasteiger partial charge in [0.2, 0.25) is 6.29 Å². The van der Waals surface area contributed by atoms with Gasteiger partial charge in [-0.05, 0) is 116 Å². The van der Waals surface area contributed by atoms with Crippen LogP contribution in [0.4, 0.5) is 0 Å². The predicted molar refractivity (Wildman–Crippen MR) is 255 cm³/mol. The lowest BCUT2D eigenvalue weighted by Gasteiger charge is -2.71. The van der Waals surface area contributed by atoms with Gasteiger partial charge in [0.25, 0.3) is 0 Å². The van der Waals surface area contributed by atoms with Gasteiger partial charge >= 0.3 is 5.97 Å². The van der Waals surface area contributed by atoms with Gasteiger partial charge in [0.15, 0.2) is 18.9 Å². The minimum absolute atomic E-state index is 0.113. The van der Waals surface area contributed by atoms with Gasteiger partial charge in [-0.2, -0.15) is 0 Å². The van der Waals surface area contributed by atoms with E-state index >= 15 is 0 Å². The Bertz CT molecular complexity index is 2020. The van der Waals surface area contributed by atoms with Crippen molar-refractivity contribution in [2.45, 2.75) is 236 Å². The average molecular weight is 1060 g/mol. The maximum Gasteiger partial charge on any atom is 0.315 e. The molecule has 0 aromatic heterocycles. The number of esters is 1. The zero-order chi connectivity index (χ0) is 53.9. The van der Waals surface area contributed by atoms with Crippen LogP contribution in [0, 0.1) is 56.7 Å². The molecule has 4 aliphatic heterocycles. The summed E-state index contributed by atoms with van der Waals surface area (Å²) in [6, 6.07) is 0. The first-order chi connectivity index (χ1) is 34.7. The van der Waals surface area contributed by atoms with E-state index in [4.69, 9.17) is 37.9 Å². The van der Waals surface area contributed by atoms with Crippen molar-refractivity contribution in [1.82, 2.24) is 0 Å². The number of hydrogen-bond acceptors (Lipinski definition) is 21. The molecule has 4 saturated carbocycles. The Hall–Kier alpha value is -1.55. The number of allylic oxidation sites excluding steroid dienone is 2. The summed E-state index contributed by atoms with van der Waals surface area (Å²) < 4.78 is 49.0. The first kappa shape index (κ1) is 57.1. The normalized spacial score (nSPS) is 55.4. The molecule has 4 heterocycles. The van der Waals surface area contributed by atoms with Crippen molar-refractivity contribution in [1.29, 1.82) is 0 Å². The second kappa shape index (κ2) is 20.8. The van der Waals surface area contributed by atoms with Crippen LogP contribution in [0.1, 0.15) is 113 Å². The highest BCUT2D eigenvalue weighted by Gasteiger charge is 2.70. The third-order valence-electron chi connectivity index (χ3n) is 21.3. The van der Waals surface area contributed by atoms with E-state index in [0.717, 1.165) is 38.5 Å². The molecule has 12 N–H and O–H groups in total. The number of carbonyl (C=O) groups excluding carboxylic acids is 1. The van der Waals surface area contributed by atoms with Gasteiger partial charge in [0.1, 0.15) is 85.5 Å². The largest absolute Gasteiger partial charge is 0.432 e. The van der Waals surface area contributed by atoms with E-state index in [9.17, 15) is 66.1 Å². The summed E-state index contributed by atoms with van der Waals surface area (Å²) in [7, 11) is 0. The highest BCUT2D eigenvalue weighted by Crippen LogP contribution is 2.76. The molecule has 0 unspecified atom stereocenters. The van der Waals surface area contributed by atoms with Gasteiger partial charge in [-0.15, -0.1) is 0 Å². The standard InChI is InChI=1S/C53H86O21/c1-22-11-16-53(48(66)74-46-41(65)38(62)35(59)28(20-55)70-46)18-17-51(7)25(32(53)23(22)2)9-10-30-50(6)14-13-31(49(4,5)29(50)12-15-52(30,51)8)71-47-43(73-44-39(63)36(60)33(57)24(3)68-44)42(26(56)21-67-47)72-45-40(64)37(61)34(58)27(19-54)69-45/h9,22-24,26-47,54-65H,10-21H2,1-8H3/t22-,23+,24+,26+,27-,28-,29+,30-,31+,32+,33+,34-,35-,36-,37+,38+,39-,40-,41-,42+,43-,44+,45+,46+,47-,50+,51-,52-,53+/m1/s1. The fraction of sp³-hybridized carbons (Fsp3) is 0.943. The van der Waals surface area contributed by atoms with Crippen LogP contribution >= 0.6 is 0 Å². The van der Waals surface area contributed by atoms with Gasteiger partial charge in [-0.1, -0.05) is 60.1 Å². The highest BCUT2D eigenvalue weighted by molar-refractivity contribution is 5.79. The maximum atomic E-state index is 14.8. The van der Waals surface area contributed by atoms with Gasteiger partial charge in [0.05, 0.1) is 37.4 Å². The van der Waals surface area contributed by atoms with Crippen LogP contribution < -0.4 is 0 Å². The predicted octanol–water partition coefficient (Wildman–Crippen LogP) is -0.513. The molecule has 0 bridgehead atoms. The van der Waals surface area contributed by atoms with E-state index in [1.165, 1.54) is 12.5 Å². The average Bonchev–Trinajstić information content (AvgIpc) is 3.36. The van der Waals surface area contributed by atoms with Crippen LogP contribution in [0.2, 0.25) is 0 Å². The molecule has 21 nitrogen and oxygen atoms in total.